The smallest absolute Gasteiger partial charge is 0.227 e. The highest BCUT2D eigenvalue weighted by molar-refractivity contribution is 6.30. The molecule has 0 bridgehead atoms. The number of hydrogen-bond acceptors (Lipinski definition) is 3. The van der Waals surface area contributed by atoms with Gasteiger partial charge < -0.3 is 16.0 Å². The molecule has 0 aliphatic carbocycles. The van der Waals surface area contributed by atoms with Crippen molar-refractivity contribution < 1.29 is 4.79 Å². The monoisotopic (exact) mass is 357 g/mol. The Morgan fingerprint density at radius 2 is 2.00 bits per heavy atom. The fraction of sp³-hybridized carbons (Fsp3) is 0.350. The molecule has 1 aliphatic heterocycles. The Labute approximate surface area is 154 Å². The van der Waals surface area contributed by atoms with Gasteiger partial charge in [-0.05, 0) is 23.3 Å². The maximum absolute atomic E-state index is 13.2. The first-order valence-corrected chi connectivity index (χ1v) is 9.03. The Kier molecular flexibility index (Phi) is 5.74. The van der Waals surface area contributed by atoms with E-state index in [9.17, 15) is 4.79 Å². The molecule has 2 aromatic carbocycles. The fourth-order valence-corrected chi connectivity index (χ4v) is 3.56. The molecule has 2 aromatic rings. The summed E-state index contributed by atoms with van der Waals surface area (Å²) in [4.78, 5) is 15.1. The van der Waals surface area contributed by atoms with Gasteiger partial charge in [0.05, 0.1) is 12.0 Å². The molecule has 1 fully saturated rings. The summed E-state index contributed by atoms with van der Waals surface area (Å²) < 4.78 is 0. The van der Waals surface area contributed by atoms with Gasteiger partial charge in [0.2, 0.25) is 5.91 Å². The topological polar surface area (TPSA) is 58.4 Å². The van der Waals surface area contributed by atoms with Crippen LogP contribution in [-0.4, -0.2) is 30.4 Å². The zero-order valence-corrected chi connectivity index (χ0v) is 15.1. The van der Waals surface area contributed by atoms with Gasteiger partial charge >= 0.3 is 0 Å². The number of benzene rings is 2. The molecule has 4 nitrogen and oxygen atoms in total. The second-order valence-electron chi connectivity index (χ2n) is 6.53. The summed E-state index contributed by atoms with van der Waals surface area (Å²) in [6, 6.07) is 17.2. The van der Waals surface area contributed by atoms with Crippen molar-refractivity contribution >= 4 is 17.5 Å². The van der Waals surface area contributed by atoms with E-state index in [4.69, 9.17) is 17.3 Å². The van der Waals surface area contributed by atoms with Gasteiger partial charge in [-0.2, -0.15) is 0 Å². The molecular formula is C20H24ClN3O. The normalized spacial score (nSPS) is 20.1. The van der Waals surface area contributed by atoms with E-state index < -0.39 is 0 Å². The van der Waals surface area contributed by atoms with Crippen LogP contribution in [0.4, 0.5) is 0 Å². The van der Waals surface area contributed by atoms with Crippen molar-refractivity contribution in [1.82, 2.24) is 10.2 Å². The predicted molar refractivity (Wildman–Crippen MR) is 101 cm³/mol. The third-order valence-corrected chi connectivity index (χ3v) is 5.11. The molecular weight excluding hydrogens is 334 g/mol. The van der Waals surface area contributed by atoms with Crippen LogP contribution >= 0.6 is 11.6 Å². The zero-order valence-electron chi connectivity index (χ0n) is 14.4. The minimum atomic E-state index is -0.316. The average Bonchev–Trinajstić information content (AvgIpc) is 2.67. The maximum Gasteiger partial charge on any atom is 0.227 e. The largest absolute Gasteiger partial charge is 0.333 e. The molecule has 1 heterocycles. The van der Waals surface area contributed by atoms with E-state index in [0.29, 0.717) is 11.6 Å². The van der Waals surface area contributed by atoms with Crippen LogP contribution in [0.25, 0.3) is 0 Å². The summed E-state index contributed by atoms with van der Waals surface area (Å²) in [6.07, 6.45) is 0. The number of carbonyl (C=O) groups excluding carboxylic acids is 1. The lowest BCUT2D eigenvalue weighted by Crippen LogP contribution is -2.51. The van der Waals surface area contributed by atoms with E-state index in [2.05, 4.69) is 5.32 Å². The third kappa shape index (κ3) is 4.03. The van der Waals surface area contributed by atoms with Crippen molar-refractivity contribution in [3.63, 3.8) is 0 Å². The zero-order chi connectivity index (χ0) is 17.8. The fourth-order valence-electron chi connectivity index (χ4n) is 3.36. The summed E-state index contributed by atoms with van der Waals surface area (Å²) in [5, 5.41) is 4.05. The number of amides is 1. The molecule has 1 aliphatic rings. The van der Waals surface area contributed by atoms with E-state index in [1.807, 2.05) is 66.4 Å². The van der Waals surface area contributed by atoms with Crippen LogP contribution in [0.15, 0.2) is 54.6 Å². The van der Waals surface area contributed by atoms with Gasteiger partial charge in [-0.3, -0.25) is 4.79 Å². The third-order valence-electron chi connectivity index (χ3n) is 4.87. The number of nitrogens with two attached hydrogens (primary N) is 1. The maximum atomic E-state index is 13.2. The second kappa shape index (κ2) is 8.00. The van der Waals surface area contributed by atoms with E-state index >= 15 is 0 Å². The first kappa shape index (κ1) is 17.9. The SMILES string of the molecule is CC(C(=O)N1CCNCC1c1cccc(Cl)c1)C(N)c1ccccc1. The second-order valence-corrected chi connectivity index (χ2v) is 6.97. The van der Waals surface area contributed by atoms with Crippen molar-refractivity contribution in [1.29, 1.82) is 0 Å². The van der Waals surface area contributed by atoms with Crippen molar-refractivity contribution in [3.8, 4) is 0 Å². The molecule has 0 radical (unpaired) electrons. The number of nitrogens with zero attached hydrogens (tertiary/aromatic N) is 1. The molecule has 3 atom stereocenters. The number of halogens is 1. The van der Waals surface area contributed by atoms with Crippen molar-refractivity contribution in [2.45, 2.75) is 19.0 Å². The highest BCUT2D eigenvalue weighted by Gasteiger charge is 2.33. The number of carbonyl (C=O) groups is 1. The molecule has 3 rings (SSSR count). The van der Waals surface area contributed by atoms with Crippen molar-refractivity contribution in [3.05, 3.63) is 70.7 Å². The van der Waals surface area contributed by atoms with E-state index in [0.717, 1.165) is 24.2 Å². The van der Waals surface area contributed by atoms with Crippen LogP contribution < -0.4 is 11.1 Å². The van der Waals surface area contributed by atoms with Gasteiger partial charge in [-0.25, -0.2) is 0 Å². The van der Waals surface area contributed by atoms with Gasteiger partial charge in [0.15, 0.2) is 0 Å². The van der Waals surface area contributed by atoms with Crippen LogP contribution in [-0.2, 0) is 4.79 Å². The first-order valence-electron chi connectivity index (χ1n) is 8.65. The Balaban J connectivity index is 1.81. The molecule has 0 aromatic heterocycles. The highest BCUT2D eigenvalue weighted by Crippen LogP contribution is 2.29. The van der Waals surface area contributed by atoms with Crippen LogP contribution in [0, 0.1) is 5.92 Å². The predicted octanol–water partition coefficient (Wildman–Crippen LogP) is 3.15. The molecule has 3 N–H and O–H groups in total. The standard InChI is InChI=1S/C20H24ClN3O/c1-14(19(22)15-6-3-2-4-7-15)20(25)24-11-10-23-13-18(24)16-8-5-9-17(21)12-16/h2-9,12,14,18-19,23H,10-11,13,22H2,1H3. The lowest BCUT2D eigenvalue weighted by molar-refractivity contribution is -0.139. The quantitative estimate of drug-likeness (QED) is 0.883. The lowest BCUT2D eigenvalue weighted by atomic mass is 9.92. The number of hydrogen-bond donors (Lipinski definition) is 2. The highest BCUT2D eigenvalue weighted by atomic mass is 35.5. The van der Waals surface area contributed by atoms with Crippen LogP contribution in [0.1, 0.15) is 30.1 Å². The summed E-state index contributed by atoms with van der Waals surface area (Å²) in [6.45, 7) is 4.09. The minimum absolute atomic E-state index is 0.0228. The van der Waals surface area contributed by atoms with Crippen molar-refractivity contribution in [2.75, 3.05) is 19.6 Å². The summed E-state index contributed by atoms with van der Waals surface area (Å²) in [7, 11) is 0. The van der Waals surface area contributed by atoms with E-state index in [1.165, 1.54) is 0 Å². The van der Waals surface area contributed by atoms with Gasteiger partial charge in [-0.15, -0.1) is 0 Å². The van der Waals surface area contributed by atoms with E-state index in [1.54, 1.807) is 0 Å². The summed E-state index contributed by atoms with van der Waals surface area (Å²) in [5.41, 5.74) is 8.40. The van der Waals surface area contributed by atoms with Gasteiger partial charge in [0.1, 0.15) is 0 Å². The van der Waals surface area contributed by atoms with Crippen molar-refractivity contribution in [2.24, 2.45) is 11.7 Å². The number of piperazine rings is 1. The molecule has 1 saturated heterocycles. The average molecular weight is 358 g/mol. The molecule has 25 heavy (non-hydrogen) atoms. The van der Waals surface area contributed by atoms with Gasteiger partial charge in [0, 0.05) is 30.7 Å². The van der Waals surface area contributed by atoms with Gasteiger partial charge in [0.25, 0.3) is 0 Å². The van der Waals surface area contributed by atoms with Crippen LogP contribution in [0.2, 0.25) is 5.02 Å². The minimum Gasteiger partial charge on any atom is -0.333 e. The number of rotatable bonds is 4. The number of nitrogens with one attached hydrogen (secondary N) is 1. The Bertz CT molecular complexity index is 722. The van der Waals surface area contributed by atoms with Crippen LogP contribution in [0.3, 0.4) is 0 Å². The molecule has 3 unspecified atom stereocenters. The molecule has 0 spiro atoms. The molecule has 1 amide bonds. The van der Waals surface area contributed by atoms with Crippen LogP contribution in [0.5, 0.6) is 0 Å². The Hall–Kier alpha value is -1.88. The molecule has 5 heteroatoms. The Morgan fingerprint density at radius 1 is 1.24 bits per heavy atom. The van der Waals surface area contributed by atoms with Gasteiger partial charge in [-0.1, -0.05) is 61.0 Å². The first-order chi connectivity index (χ1) is 12.1. The molecule has 0 saturated carbocycles. The summed E-state index contributed by atoms with van der Waals surface area (Å²) >= 11 is 6.14. The van der Waals surface area contributed by atoms with E-state index in [-0.39, 0.29) is 23.9 Å². The Morgan fingerprint density at radius 3 is 2.72 bits per heavy atom. The molecule has 132 valence electrons. The lowest BCUT2D eigenvalue weighted by Gasteiger charge is -2.39. The summed E-state index contributed by atoms with van der Waals surface area (Å²) in [5.74, 6) is -0.204.